The fourth-order valence-electron chi connectivity index (χ4n) is 1.62. The highest BCUT2D eigenvalue weighted by Gasteiger charge is 2.33. The van der Waals surface area contributed by atoms with Gasteiger partial charge in [-0.3, -0.25) is 0 Å². The van der Waals surface area contributed by atoms with Gasteiger partial charge in [0.05, 0.1) is 5.02 Å². The number of hydrogen-bond donors (Lipinski definition) is 2. The minimum Gasteiger partial charge on any atom is -0.354 e. The van der Waals surface area contributed by atoms with E-state index in [4.69, 9.17) is 11.6 Å². The Morgan fingerprint density at radius 2 is 1.91 bits per heavy atom. The first-order valence-electron chi connectivity index (χ1n) is 6.22. The predicted octanol–water partition coefficient (Wildman–Crippen LogP) is 4.46. The van der Waals surface area contributed by atoms with Gasteiger partial charge in [0.15, 0.2) is 5.69 Å². The first-order chi connectivity index (χ1) is 10.3. The largest absolute Gasteiger partial charge is 0.433 e. The van der Waals surface area contributed by atoms with Crippen molar-refractivity contribution in [2.75, 3.05) is 17.2 Å². The van der Waals surface area contributed by atoms with Gasteiger partial charge in [-0.2, -0.15) is 18.2 Å². The number of aromatic nitrogens is 2. The zero-order chi connectivity index (χ0) is 16.3. The van der Waals surface area contributed by atoms with E-state index in [1.54, 1.807) is 6.92 Å². The highest BCUT2D eigenvalue weighted by molar-refractivity contribution is 6.31. The summed E-state index contributed by atoms with van der Waals surface area (Å²) in [6.45, 7) is 2.07. The SMILES string of the molecule is CCNc1nc(Nc2ccc(F)c(Cl)c2)cc(C(F)(F)F)n1. The second-order valence-electron chi connectivity index (χ2n) is 4.24. The summed E-state index contributed by atoms with van der Waals surface area (Å²) in [4.78, 5) is 7.31. The number of anilines is 3. The lowest BCUT2D eigenvalue weighted by molar-refractivity contribution is -0.141. The third-order valence-electron chi connectivity index (χ3n) is 2.54. The predicted molar refractivity (Wildman–Crippen MR) is 75.9 cm³/mol. The Kier molecular flexibility index (Phi) is 4.70. The molecule has 118 valence electrons. The van der Waals surface area contributed by atoms with Crippen molar-refractivity contribution in [3.63, 3.8) is 0 Å². The van der Waals surface area contributed by atoms with Crippen LogP contribution in [0.15, 0.2) is 24.3 Å². The monoisotopic (exact) mass is 334 g/mol. The van der Waals surface area contributed by atoms with Crippen LogP contribution in [0, 0.1) is 5.82 Å². The molecule has 1 aromatic heterocycles. The molecule has 0 saturated carbocycles. The Labute approximate surface area is 128 Å². The molecule has 0 aliphatic carbocycles. The Morgan fingerprint density at radius 3 is 2.50 bits per heavy atom. The standard InChI is InChI=1S/C13H11ClF4N4/c1-2-19-12-21-10(13(16,17)18)6-11(22-12)20-7-3-4-9(15)8(14)5-7/h3-6H,2H2,1H3,(H2,19,20,21,22). The summed E-state index contributed by atoms with van der Waals surface area (Å²) < 4.78 is 51.6. The molecule has 0 amide bonds. The van der Waals surface area contributed by atoms with Crippen LogP contribution in [-0.4, -0.2) is 16.5 Å². The molecule has 2 rings (SSSR count). The van der Waals surface area contributed by atoms with Crippen LogP contribution in [0.3, 0.4) is 0 Å². The second-order valence-corrected chi connectivity index (χ2v) is 4.65. The summed E-state index contributed by atoms with van der Waals surface area (Å²) in [6, 6.07) is 4.45. The molecule has 4 nitrogen and oxygen atoms in total. The summed E-state index contributed by atoms with van der Waals surface area (Å²) >= 11 is 5.62. The molecule has 0 aliphatic rings. The molecule has 0 bridgehead atoms. The maximum atomic E-state index is 13.1. The average Bonchev–Trinajstić information content (AvgIpc) is 2.42. The highest BCUT2D eigenvalue weighted by atomic mass is 35.5. The number of nitrogens with one attached hydrogen (secondary N) is 2. The van der Waals surface area contributed by atoms with Gasteiger partial charge in [-0.1, -0.05) is 11.6 Å². The molecular formula is C13H11ClF4N4. The van der Waals surface area contributed by atoms with Gasteiger partial charge in [0.1, 0.15) is 11.6 Å². The zero-order valence-electron chi connectivity index (χ0n) is 11.3. The summed E-state index contributed by atoms with van der Waals surface area (Å²) in [5.41, 5.74) is -0.783. The Balaban J connectivity index is 2.36. The summed E-state index contributed by atoms with van der Waals surface area (Å²) in [5.74, 6) is -0.867. The van der Waals surface area contributed by atoms with Crippen molar-refractivity contribution in [1.29, 1.82) is 0 Å². The second kappa shape index (κ2) is 6.35. The minimum atomic E-state index is -4.61. The van der Waals surface area contributed by atoms with E-state index in [-0.39, 0.29) is 16.8 Å². The molecular weight excluding hydrogens is 324 g/mol. The van der Waals surface area contributed by atoms with Crippen molar-refractivity contribution in [2.24, 2.45) is 0 Å². The summed E-state index contributed by atoms with van der Waals surface area (Å²) in [5, 5.41) is 5.11. The number of alkyl halides is 3. The number of hydrogen-bond acceptors (Lipinski definition) is 4. The number of halogens is 5. The molecule has 1 heterocycles. The van der Waals surface area contributed by atoms with Crippen molar-refractivity contribution >= 4 is 29.1 Å². The topological polar surface area (TPSA) is 49.8 Å². The molecule has 0 spiro atoms. The number of rotatable bonds is 4. The maximum absolute atomic E-state index is 13.1. The van der Waals surface area contributed by atoms with E-state index < -0.39 is 17.7 Å². The van der Waals surface area contributed by atoms with Gasteiger partial charge >= 0.3 is 6.18 Å². The van der Waals surface area contributed by atoms with E-state index >= 15 is 0 Å². The van der Waals surface area contributed by atoms with Gasteiger partial charge in [-0.25, -0.2) is 9.37 Å². The van der Waals surface area contributed by atoms with Crippen LogP contribution in [0.5, 0.6) is 0 Å². The van der Waals surface area contributed by atoms with Crippen LogP contribution >= 0.6 is 11.6 Å². The number of nitrogens with zero attached hydrogens (tertiary/aromatic N) is 2. The average molecular weight is 335 g/mol. The van der Waals surface area contributed by atoms with E-state index in [1.807, 2.05) is 0 Å². The van der Waals surface area contributed by atoms with Crippen LogP contribution in [0.4, 0.5) is 35.0 Å². The fourth-order valence-corrected chi connectivity index (χ4v) is 1.80. The highest BCUT2D eigenvalue weighted by Crippen LogP contribution is 2.30. The van der Waals surface area contributed by atoms with E-state index in [1.165, 1.54) is 12.1 Å². The first-order valence-corrected chi connectivity index (χ1v) is 6.59. The quantitative estimate of drug-likeness (QED) is 0.810. The molecule has 1 aromatic carbocycles. The Morgan fingerprint density at radius 1 is 1.18 bits per heavy atom. The zero-order valence-corrected chi connectivity index (χ0v) is 12.1. The van der Waals surface area contributed by atoms with Crippen molar-refractivity contribution in [3.05, 3.63) is 40.8 Å². The van der Waals surface area contributed by atoms with Gasteiger partial charge in [0.2, 0.25) is 5.95 Å². The lowest BCUT2D eigenvalue weighted by Gasteiger charge is -2.12. The van der Waals surface area contributed by atoms with Crippen molar-refractivity contribution in [2.45, 2.75) is 13.1 Å². The lowest BCUT2D eigenvalue weighted by Crippen LogP contribution is -2.13. The lowest BCUT2D eigenvalue weighted by atomic mass is 10.3. The normalized spacial score (nSPS) is 11.4. The molecule has 0 unspecified atom stereocenters. The number of benzene rings is 1. The fraction of sp³-hybridized carbons (Fsp3) is 0.231. The van der Waals surface area contributed by atoms with Gasteiger partial charge < -0.3 is 10.6 Å². The molecule has 0 radical (unpaired) electrons. The van der Waals surface area contributed by atoms with Gasteiger partial charge in [-0.15, -0.1) is 0 Å². The molecule has 2 aromatic rings. The summed E-state index contributed by atoms with van der Waals surface area (Å²) in [7, 11) is 0. The van der Waals surface area contributed by atoms with Gasteiger partial charge in [-0.05, 0) is 25.1 Å². The van der Waals surface area contributed by atoms with E-state index in [0.717, 1.165) is 12.1 Å². The van der Waals surface area contributed by atoms with Crippen molar-refractivity contribution in [1.82, 2.24) is 9.97 Å². The molecule has 0 fully saturated rings. The van der Waals surface area contributed by atoms with Crippen molar-refractivity contribution in [3.8, 4) is 0 Å². The van der Waals surface area contributed by atoms with E-state index in [2.05, 4.69) is 20.6 Å². The van der Waals surface area contributed by atoms with Crippen LogP contribution in [0.25, 0.3) is 0 Å². The molecule has 2 N–H and O–H groups in total. The molecule has 9 heteroatoms. The third kappa shape index (κ3) is 3.97. The smallest absolute Gasteiger partial charge is 0.354 e. The third-order valence-corrected chi connectivity index (χ3v) is 2.83. The molecule has 0 aliphatic heterocycles. The van der Waals surface area contributed by atoms with E-state index in [0.29, 0.717) is 12.2 Å². The Hall–Kier alpha value is -2.09. The van der Waals surface area contributed by atoms with Crippen LogP contribution < -0.4 is 10.6 Å². The molecule has 0 saturated heterocycles. The van der Waals surface area contributed by atoms with Gasteiger partial charge in [0, 0.05) is 18.3 Å². The Bertz CT molecular complexity index is 676. The van der Waals surface area contributed by atoms with Crippen LogP contribution in [-0.2, 0) is 6.18 Å². The van der Waals surface area contributed by atoms with Gasteiger partial charge in [0.25, 0.3) is 0 Å². The molecule has 0 atom stereocenters. The maximum Gasteiger partial charge on any atom is 0.433 e. The van der Waals surface area contributed by atoms with Crippen LogP contribution in [0.2, 0.25) is 5.02 Å². The minimum absolute atomic E-state index is 0.0825. The van der Waals surface area contributed by atoms with Crippen molar-refractivity contribution < 1.29 is 17.6 Å². The first kappa shape index (κ1) is 16.3. The summed E-state index contributed by atoms with van der Waals surface area (Å²) in [6.07, 6.45) is -4.61. The molecule has 22 heavy (non-hydrogen) atoms. The van der Waals surface area contributed by atoms with E-state index in [9.17, 15) is 17.6 Å². The van der Waals surface area contributed by atoms with Crippen LogP contribution in [0.1, 0.15) is 12.6 Å².